The molecule has 0 amide bonds. The molecule has 0 bridgehead atoms. The molecule has 1 saturated carbocycles. The summed E-state index contributed by atoms with van der Waals surface area (Å²) in [5, 5.41) is 3.38. The first-order valence-electron chi connectivity index (χ1n) is 6.19. The molecule has 0 aromatic heterocycles. The zero-order valence-corrected chi connectivity index (χ0v) is 10.4. The summed E-state index contributed by atoms with van der Waals surface area (Å²) in [7, 11) is 0. The highest BCUT2D eigenvalue weighted by Crippen LogP contribution is 2.20. The highest BCUT2D eigenvalue weighted by atomic mass is 19.4. The standard InChI is InChI=1S/C13H16F3NO2/c14-13(15,16)19-8-7-18-12-5-1-10(2-6-12)9-17-11-3-4-11/h1-2,5-6,11,17H,3-4,7-9H2. The van der Waals surface area contributed by atoms with Crippen LogP contribution in [0.25, 0.3) is 0 Å². The number of ether oxygens (including phenoxy) is 2. The fraction of sp³-hybridized carbons (Fsp3) is 0.538. The summed E-state index contributed by atoms with van der Waals surface area (Å²) in [6, 6.07) is 7.94. The average molecular weight is 275 g/mol. The molecule has 6 heteroatoms. The Hall–Kier alpha value is -1.27. The number of hydrogen-bond donors (Lipinski definition) is 1. The first-order valence-corrected chi connectivity index (χ1v) is 6.19. The maximum Gasteiger partial charge on any atom is 0.522 e. The van der Waals surface area contributed by atoms with Gasteiger partial charge in [0, 0.05) is 12.6 Å². The molecule has 106 valence electrons. The van der Waals surface area contributed by atoms with Crippen LogP contribution in [0.5, 0.6) is 5.75 Å². The lowest BCUT2D eigenvalue weighted by Crippen LogP contribution is -2.18. The molecule has 19 heavy (non-hydrogen) atoms. The molecule has 1 aromatic rings. The van der Waals surface area contributed by atoms with Gasteiger partial charge in [-0.15, -0.1) is 13.2 Å². The van der Waals surface area contributed by atoms with E-state index in [2.05, 4.69) is 10.1 Å². The zero-order chi connectivity index (χ0) is 13.7. The Bertz CT molecular complexity index is 388. The van der Waals surface area contributed by atoms with Crippen molar-refractivity contribution in [1.82, 2.24) is 5.32 Å². The lowest BCUT2D eigenvalue weighted by atomic mass is 10.2. The maximum atomic E-state index is 11.7. The molecule has 1 aromatic carbocycles. The van der Waals surface area contributed by atoms with Crippen molar-refractivity contribution in [1.29, 1.82) is 0 Å². The van der Waals surface area contributed by atoms with Crippen LogP contribution >= 0.6 is 0 Å². The minimum absolute atomic E-state index is 0.126. The predicted octanol–water partition coefficient (Wildman–Crippen LogP) is 2.85. The van der Waals surface area contributed by atoms with E-state index in [0.29, 0.717) is 11.8 Å². The van der Waals surface area contributed by atoms with Crippen molar-refractivity contribution in [3.05, 3.63) is 29.8 Å². The van der Waals surface area contributed by atoms with E-state index in [1.165, 1.54) is 12.8 Å². The van der Waals surface area contributed by atoms with E-state index in [1.54, 1.807) is 12.1 Å². The highest BCUT2D eigenvalue weighted by Gasteiger charge is 2.28. The Kier molecular flexibility index (Phi) is 4.66. The minimum Gasteiger partial charge on any atom is -0.491 e. The van der Waals surface area contributed by atoms with E-state index < -0.39 is 13.0 Å². The van der Waals surface area contributed by atoms with Gasteiger partial charge in [0.05, 0.1) is 6.61 Å². The van der Waals surface area contributed by atoms with Gasteiger partial charge in [-0.3, -0.25) is 4.74 Å². The van der Waals surface area contributed by atoms with Crippen LogP contribution < -0.4 is 10.1 Å². The van der Waals surface area contributed by atoms with Crippen LogP contribution in [0.15, 0.2) is 24.3 Å². The summed E-state index contributed by atoms with van der Waals surface area (Å²) in [4.78, 5) is 0. The van der Waals surface area contributed by atoms with Gasteiger partial charge in [0.25, 0.3) is 0 Å². The third kappa shape index (κ3) is 5.94. The second-order valence-electron chi connectivity index (χ2n) is 4.44. The van der Waals surface area contributed by atoms with E-state index in [0.717, 1.165) is 12.1 Å². The van der Waals surface area contributed by atoms with Gasteiger partial charge in [0.2, 0.25) is 0 Å². The first kappa shape index (κ1) is 14.1. The van der Waals surface area contributed by atoms with Crippen molar-refractivity contribution in [3.8, 4) is 5.75 Å². The Morgan fingerprint density at radius 3 is 2.37 bits per heavy atom. The van der Waals surface area contributed by atoms with Gasteiger partial charge in [0.1, 0.15) is 12.4 Å². The van der Waals surface area contributed by atoms with Gasteiger partial charge < -0.3 is 10.1 Å². The van der Waals surface area contributed by atoms with Crippen LogP contribution in [0, 0.1) is 0 Å². The van der Waals surface area contributed by atoms with Gasteiger partial charge >= 0.3 is 6.36 Å². The summed E-state index contributed by atoms with van der Waals surface area (Å²) in [6.45, 7) is 0.176. The summed E-state index contributed by atoms with van der Waals surface area (Å²) in [6.07, 6.45) is -2.12. The van der Waals surface area contributed by atoms with Crippen molar-refractivity contribution in [3.63, 3.8) is 0 Å². The SMILES string of the molecule is FC(F)(F)OCCOc1ccc(CNC2CC2)cc1. The smallest absolute Gasteiger partial charge is 0.491 e. The van der Waals surface area contributed by atoms with Crippen molar-refractivity contribution in [2.45, 2.75) is 31.8 Å². The van der Waals surface area contributed by atoms with Crippen molar-refractivity contribution in [2.75, 3.05) is 13.2 Å². The van der Waals surface area contributed by atoms with E-state index in [9.17, 15) is 13.2 Å². The molecule has 0 spiro atoms. The molecule has 1 aliphatic rings. The first-order chi connectivity index (χ1) is 9.03. The van der Waals surface area contributed by atoms with Crippen LogP contribution in [0.3, 0.4) is 0 Å². The lowest BCUT2D eigenvalue weighted by Gasteiger charge is -2.09. The zero-order valence-electron chi connectivity index (χ0n) is 10.4. The normalized spacial score (nSPS) is 15.5. The van der Waals surface area contributed by atoms with Gasteiger partial charge in [-0.2, -0.15) is 0 Å². The maximum absolute atomic E-state index is 11.7. The molecule has 0 radical (unpaired) electrons. The highest BCUT2D eigenvalue weighted by molar-refractivity contribution is 5.27. The largest absolute Gasteiger partial charge is 0.522 e. The molecular weight excluding hydrogens is 259 g/mol. The van der Waals surface area contributed by atoms with Crippen molar-refractivity contribution >= 4 is 0 Å². The quantitative estimate of drug-likeness (QED) is 0.776. The van der Waals surface area contributed by atoms with E-state index in [4.69, 9.17) is 4.74 Å². The van der Waals surface area contributed by atoms with Crippen LogP contribution in [-0.2, 0) is 11.3 Å². The Morgan fingerprint density at radius 2 is 1.79 bits per heavy atom. The topological polar surface area (TPSA) is 30.5 Å². The number of nitrogens with one attached hydrogen (secondary N) is 1. The van der Waals surface area contributed by atoms with E-state index in [-0.39, 0.29) is 6.61 Å². The van der Waals surface area contributed by atoms with Crippen LogP contribution in [0.2, 0.25) is 0 Å². The third-order valence-corrected chi connectivity index (χ3v) is 2.71. The average Bonchev–Trinajstić information content (AvgIpc) is 3.16. The van der Waals surface area contributed by atoms with Gasteiger partial charge in [0.15, 0.2) is 0 Å². The Balaban J connectivity index is 1.66. The number of rotatable bonds is 7. The monoisotopic (exact) mass is 275 g/mol. The number of hydrogen-bond acceptors (Lipinski definition) is 3. The third-order valence-electron chi connectivity index (χ3n) is 2.71. The molecule has 0 aliphatic heterocycles. The number of halogens is 3. The Morgan fingerprint density at radius 1 is 1.11 bits per heavy atom. The second-order valence-corrected chi connectivity index (χ2v) is 4.44. The second kappa shape index (κ2) is 6.25. The summed E-state index contributed by atoms with van der Waals surface area (Å²) >= 11 is 0. The summed E-state index contributed by atoms with van der Waals surface area (Å²) in [5.41, 5.74) is 1.13. The summed E-state index contributed by atoms with van der Waals surface area (Å²) < 4.78 is 43.9. The summed E-state index contributed by atoms with van der Waals surface area (Å²) in [5.74, 6) is 0.543. The minimum atomic E-state index is -4.60. The molecule has 1 fully saturated rings. The molecule has 0 heterocycles. The van der Waals surface area contributed by atoms with Crippen LogP contribution in [-0.4, -0.2) is 25.6 Å². The molecule has 3 nitrogen and oxygen atoms in total. The lowest BCUT2D eigenvalue weighted by molar-refractivity contribution is -0.325. The number of alkyl halides is 3. The molecule has 2 rings (SSSR count). The fourth-order valence-electron chi connectivity index (χ4n) is 1.57. The molecule has 1 aliphatic carbocycles. The number of benzene rings is 1. The fourth-order valence-corrected chi connectivity index (χ4v) is 1.57. The Labute approximate surface area is 109 Å². The molecule has 0 unspecified atom stereocenters. The molecule has 0 saturated heterocycles. The van der Waals surface area contributed by atoms with Crippen LogP contribution in [0.4, 0.5) is 13.2 Å². The molecule has 0 atom stereocenters. The molecule has 1 N–H and O–H groups in total. The van der Waals surface area contributed by atoms with Crippen molar-refractivity contribution < 1.29 is 22.6 Å². The van der Waals surface area contributed by atoms with Gasteiger partial charge in [-0.25, -0.2) is 0 Å². The van der Waals surface area contributed by atoms with Gasteiger partial charge in [-0.1, -0.05) is 12.1 Å². The van der Waals surface area contributed by atoms with E-state index >= 15 is 0 Å². The predicted molar refractivity (Wildman–Crippen MR) is 63.8 cm³/mol. The van der Waals surface area contributed by atoms with Crippen LogP contribution in [0.1, 0.15) is 18.4 Å². The van der Waals surface area contributed by atoms with Crippen molar-refractivity contribution in [2.24, 2.45) is 0 Å². The molecular formula is C13H16F3NO2. The van der Waals surface area contributed by atoms with E-state index in [1.807, 2.05) is 12.1 Å². The van der Waals surface area contributed by atoms with Gasteiger partial charge in [-0.05, 0) is 30.5 Å².